The highest BCUT2D eigenvalue weighted by atomic mass is 28.4. The van der Waals surface area contributed by atoms with Crippen molar-refractivity contribution < 1.29 is 9.45 Å². The molecule has 116 valence electrons. The van der Waals surface area contributed by atoms with Crippen molar-refractivity contribution in [2.45, 2.75) is 45.9 Å². The summed E-state index contributed by atoms with van der Waals surface area (Å²) in [7, 11) is -0.175. The van der Waals surface area contributed by atoms with Crippen LogP contribution in [0.25, 0.3) is 6.08 Å². The van der Waals surface area contributed by atoms with Crippen molar-refractivity contribution in [2.24, 2.45) is 0 Å². The summed E-state index contributed by atoms with van der Waals surface area (Å²) in [5, 5.41) is 9.50. The lowest BCUT2D eigenvalue weighted by Gasteiger charge is -2.24. The van der Waals surface area contributed by atoms with E-state index in [1.807, 2.05) is 17.9 Å². The smallest absolute Gasteiger partial charge is 0.376 e. The van der Waals surface area contributed by atoms with Gasteiger partial charge in [-0.2, -0.15) is 0 Å². The molecular weight excluding hydrogens is 281 g/mol. The Balaban J connectivity index is 2.54. The van der Waals surface area contributed by atoms with Gasteiger partial charge in [0.25, 0.3) is 0 Å². The topological polar surface area (TPSA) is 58.5 Å². The maximum atomic E-state index is 9.50. The molecule has 0 radical (unpaired) electrons. The summed E-state index contributed by atoms with van der Waals surface area (Å²) < 4.78 is 5.72. The molecule has 0 fully saturated rings. The van der Waals surface area contributed by atoms with E-state index in [0.29, 0.717) is 6.01 Å². The number of hydrogen-bond acceptors (Lipinski definition) is 5. The molecule has 0 spiro atoms. The molecule has 0 saturated carbocycles. The molecule has 1 rings (SSSR count). The molecule has 21 heavy (non-hydrogen) atoms. The first-order valence-electron chi connectivity index (χ1n) is 7.26. The summed E-state index contributed by atoms with van der Waals surface area (Å²) in [4.78, 5) is 10.4. The molecule has 5 nitrogen and oxygen atoms in total. The van der Waals surface area contributed by atoms with Crippen LogP contribution < -0.4 is 4.43 Å². The molecular formula is C14H26BN3O2Si. The lowest BCUT2D eigenvalue weighted by Crippen LogP contribution is -2.39. The fourth-order valence-electron chi connectivity index (χ4n) is 1.67. The predicted octanol–water partition coefficient (Wildman–Crippen LogP) is 2.52. The van der Waals surface area contributed by atoms with Gasteiger partial charge in [-0.15, -0.1) is 0 Å². The molecule has 0 aliphatic rings. The van der Waals surface area contributed by atoms with Crippen molar-refractivity contribution >= 4 is 21.4 Å². The van der Waals surface area contributed by atoms with E-state index in [4.69, 9.17) is 4.43 Å². The second kappa shape index (κ2) is 7.72. The summed E-state index contributed by atoms with van der Waals surface area (Å²) in [5.74, 6) is 0. The van der Waals surface area contributed by atoms with Crippen LogP contribution in [0, 0.1) is 0 Å². The van der Waals surface area contributed by atoms with Crippen molar-refractivity contribution in [1.82, 2.24) is 14.8 Å². The maximum Gasteiger partial charge on any atom is 0.376 e. The number of nitrogens with zero attached hydrogens (tertiary/aromatic N) is 3. The largest absolute Gasteiger partial charge is 0.518 e. The zero-order chi connectivity index (χ0) is 16.0. The SMILES string of the molecule is CB(O)N(C)[C@@H](C)CC=Cc1cnc(O[Si](C)(C)C)nc1. The van der Waals surface area contributed by atoms with Crippen LogP contribution in [-0.4, -0.2) is 48.3 Å². The Labute approximate surface area is 129 Å². The van der Waals surface area contributed by atoms with Gasteiger partial charge in [0.1, 0.15) is 0 Å². The minimum atomic E-state index is -1.65. The average Bonchev–Trinajstić information content (AvgIpc) is 2.38. The number of aromatic nitrogens is 2. The highest BCUT2D eigenvalue weighted by Gasteiger charge is 2.17. The Hall–Kier alpha value is -1.18. The van der Waals surface area contributed by atoms with E-state index in [1.54, 1.807) is 19.2 Å². The molecule has 0 bridgehead atoms. The van der Waals surface area contributed by atoms with Gasteiger partial charge in [-0.25, -0.2) is 9.97 Å². The van der Waals surface area contributed by atoms with Gasteiger partial charge in [0.2, 0.25) is 8.32 Å². The van der Waals surface area contributed by atoms with Crippen molar-refractivity contribution in [3.05, 3.63) is 24.0 Å². The molecule has 0 aliphatic carbocycles. The van der Waals surface area contributed by atoms with E-state index in [9.17, 15) is 5.02 Å². The maximum absolute atomic E-state index is 9.50. The molecule has 0 saturated heterocycles. The summed E-state index contributed by atoms with van der Waals surface area (Å²) >= 11 is 0. The molecule has 7 heteroatoms. The van der Waals surface area contributed by atoms with Crippen LogP contribution in [-0.2, 0) is 0 Å². The lowest BCUT2D eigenvalue weighted by atomic mass is 9.84. The molecule has 1 aromatic heterocycles. The van der Waals surface area contributed by atoms with Gasteiger partial charge >= 0.3 is 13.1 Å². The third-order valence-electron chi connectivity index (χ3n) is 3.12. The van der Waals surface area contributed by atoms with E-state index in [1.165, 1.54) is 0 Å². The number of hydrogen-bond donors (Lipinski definition) is 1. The second-order valence-electron chi connectivity index (χ2n) is 6.30. The minimum Gasteiger partial charge on any atom is -0.518 e. The average molecular weight is 307 g/mol. The van der Waals surface area contributed by atoms with Crippen molar-refractivity contribution in [3.8, 4) is 6.01 Å². The molecule has 0 unspecified atom stereocenters. The van der Waals surface area contributed by atoms with Crippen molar-refractivity contribution in [1.29, 1.82) is 0 Å². The summed E-state index contributed by atoms with van der Waals surface area (Å²) in [5.41, 5.74) is 0.949. The van der Waals surface area contributed by atoms with Crippen LogP contribution >= 0.6 is 0 Å². The molecule has 1 N–H and O–H groups in total. The van der Waals surface area contributed by atoms with Gasteiger partial charge in [-0.1, -0.05) is 19.1 Å². The highest BCUT2D eigenvalue weighted by molar-refractivity contribution is 6.70. The van der Waals surface area contributed by atoms with Crippen LogP contribution in [0.3, 0.4) is 0 Å². The van der Waals surface area contributed by atoms with Gasteiger partial charge in [0.15, 0.2) is 0 Å². The van der Waals surface area contributed by atoms with Crippen LogP contribution in [0.4, 0.5) is 0 Å². The Kier molecular flexibility index (Phi) is 6.57. The van der Waals surface area contributed by atoms with Crippen molar-refractivity contribution in [3.63, 3.8) is 0 Å². The van der Waals surface area contributed by atoms with Gasteiger partial charge in [-0.3, -0.25) is 0 Å². The quantitative estimate of drug-likeness (QED) is 0.784. The normalized spacial score (nSPS) is 13.7. The van der Waals surface area contributed by atoms with Crippen molar-refractivity contribution in [2.75, 3.05) is 7.05 Å². The van der Waals surface area contributed by atoms with Crippen LogP contribution in [0.5, 0.6) is 6.01 Å². The zero-order valence-electron chi connectivity index (χ0n) is 13.9. The van der Waals surface area contributed by atoms with E-state index in [2.05, 4.69) is 42.6 Å². The Morgan fingerprint density at radius 3 is 2.43 bits per heavy atom. The van der Waals surface area contributed by atoms with E-state index in [0.717, 1.165) is 12.0 Å². The first-order chi connectivity index (χ1) is 9.69. The summed E-state index contributed by atoms with van der Waals surface area (Å²) in [6.07, 6.45) is 8.45. The van der Waals surface area contributed by atoms with E-state index >= 15 is 0 Å². The first kappa shape index (κ1) is 17.9. The van der Waals surface area contributed by atoms with Crippen LogP contribution in [0.1, 0.15) is 18.9 Å². The van der Waals surface area contributed by atoms with Crippen LogP contribution in [0.2, 0.25) is 26.5 Å². The molecule has 1 heterocycles. The van der Waals surface area contributed by atoms with Gasteiger partial charge in [-0.05, 0) is 39.9 Å². The Bertz CT molecular complexity index is 460. The molecule has 0 aliphatic heterocycles. The molecule has 1 aromatic rings. The van der Waals surface area contributed by atoms with Gasteiger partial charge in [0, 0.05) is 24.0 Å². The predicted molar refractivity (Wildman–Crippen MR) is 90.7 cm³/mol. The first-order valence-corrected chi connectivity index (χ1v) is 10.7. The van der Waals surface area contributed by atoms with Gasteiger partial charge in [0.05, 0.1) is 0 Å². The minimum absolute atomic E-state index is 0.275. The summed E-state index contributed by atoms with van der Waals surface area (Å²) in [6, 6.07) is 0.727. The number of rotatable bonds is 7. The standard InChI is InChI=1S/C14H26BN3O2Si/c1-12(18(3)15(2)19)8-7-9-13-10-16-14(17-11-13)20-21(4,5)6/h7,9-12,19H,8H2,1-6H3/t12-/m0/s1. The lowest BCUT2D eigenvalue weighted by molar-refractivity contribution is 0.349. The molecule has 0 aromatic carbocycles. The van der Waals surface area contributed by atoms with E-state index in [-0.39, 0.29) is 6.04 Å². The van der Waals surface area contributed by atoms with Gasteiger partial charge < -0.3 is 14.3 Å². The fraction of sp³-hybridized carbons (Fsp3) is 0.571. The third-order valence-corrected chi connectivity index (χ3v) is 3.91. The zero-order valence-corrected chi connectivity index (χ0v) is 14.9. The van der Waals surface area contributed by atoms with E-state index < -0.39 is 15.4 Å². The Morgan fingerprint density at radius 2 is 1.95 bits per heavy atom. The monoisotopic (exact) mass is 307 g/mol. The Morgan fingerprint density at radius 1 is 1.38 bits per heavy atom. The summed E-state index contributed by atoms with van der Waals surface area (Å²) in [6.45, 7) is 10.2. The van der Waals surface area contributed by atoms with Crippen LogP contribution in [0.15, 0.2) is 18.5 Å². The molecule has 1 atom stereocenters. The highest BCUT2D eigenvalue weighted by Crippen LogP contribution is 2.11. The second-order valence-corrected chi connectivity index (χ2v) is 10.7. The fourth-order valence-corrected chi connectivity index (χ4v) is 2.33. The molecule has 0 amide bonds. The third kappa shape index (κ3) is 6.88.